The Balaban J connectivity index is 2.93. The number of ketones is 1. The molecular formula is C12H8ClNO. The summed E-state index contributed by atoms with van der Waals surface area (Å²) in [6.45, 7) is 0. The summed E-state index contributed by atoms with van der Waals surface area (Å²) in [6.07, 6.45) is -0.105. The Morgan fingerprint density at radius 2 is 2.27 bits per heavy atom. The molecule has 0 atom stereocenters. The Bertz CT molecular complexity index is 462. The van der Waals surface area contributed by atoms with Gasteiger partial charge >= 0.3 is 0 Å². The van der Waals surface area contributed by atoms with Gasteiger partial charge in [0.25, 0.3) is 0 Å². The SMILES string of the molecule is N#CCC(=O)c1cccc(C#CCCl)c1. The number of nitriles is 1. The number of carbonyl (C=O) groups is 1. The quantitative estimate of drug-likeness (QED) is 0.434. The molecule has 0 saturated heterocycles. The van der Waals surface area contributed by atoms with Gasteiger partial charge in [-0.3, -0.25) is 4.79 Å². The van der Waals surface area contributed by atoms with Crippen LogP contribution in [0.1, 0.15) is 22.3 Å². The van der Waals surface area contributed by atoms with Gasteiger partial charge in [0.2, 0.25) is 0 Å². The Hall–Kier alpha value is -1.77. The Morgan fingerprint density at radius 3 is 2.93 bits per heavy atom. The van der Waals surface area contributed by atoms with Crippen LogP contribution in [-0.4, -0.2) is 11.7 Å². The lowest BCUT2D eigenvalue weighted by Gasteiger charge is -1.96. The first-order valence-corrected chi connectivity index (χ1v) is 4.86. The zero-order valence-corrected chi connectivity index (χ0v) is 8.71. The van der Waals surface area contributed by atoms with Gasteiger partial charge in [-0.15, -0.1) is 11.6 Å². The summed E-state index contributed by atoms with van der Waals surface area (Å²) in [7, 11) is 0. The van der Waals surface area contributed by atoms with Crippen molar-refractivity contribution in [3.05, 3.63) is 35.4 Å². The van der Waals surface area contributed by atoms with Gasteiger partial charge in [-0.05, 0) is 12.1 Å². The van der Waals surface area contributed by atoms with Gasteiger partial charge in [-0.1, -0.05) is 24.0 Å². The second-order valence-electron chi connectivity index (χ2n) is 2.77. The monoisotopic (exact) mass is 217 g/mol. The van der Waals surface area contributed by atoms with Crippen LogP contribution in [0.15, 0.2) is 24.3 Å². The minimum Gasteiger partial charge on any atom is -0.293 e. The molecule has 0 aromatic heterocycles. The topological polar surface area (TPSA) is 40.9 Å². The van der Waals surface area contributed by atoms with E-state index in [0.29, 0.717) is 5.56 Å². The fourth-order valence-corrected chi connectivity index (χ4v) is 1.15. The molecule has 0 amide bonds. The van der Waals surface area contributed by atoms with Crippen LogP contribution >= 0.6 is 11.6 Å². The molecule has 0 aliphatic heterocycles. The second kappa shape index (κ2) is 5.86. The van der Waals surface area contributed by atoms with Crippen LogP contribution in [0.3, 0.4) is 0 Å². The fourth-order valence-electron chi connectivity index (χ4n) is 1.08. The van der Waals surface area contributed by atoms with E-state index >= 15 is 0 Å². The number of nitrogens with zero attached hydrogens (tertiary/aromatic N) is 1. The van der Waals surface area contributed by atoms with Crippen LogP contribution in [0.2, 0.25) is 0 Å². The maximum atomic E-state index is 11.4. The molecule has 0 bridgehead atoms. The third-order valence-corrected chi connectivity index (χ3v) is 1.86. The van der Waals surface area contributed by atoms with Gasteiger partial charge in [0, 0.05) is 11.1 Å². The molecule has 3 heteroatoms. The molecule has 2 nitrogen and oxygen atoms in total. The lowest BCUT2D eigenvalue weighted by molar-refractivity contribution is 0.0997. The molecule has 0 aliphatic carbocycles. The first-order chi connectivity index (χ1) is 7.27. The number of benzene rings is 1. The smallest absolute Gasteiger partial charge is 0.176 e. The minimum absolute atomic E-state index is 0.105. The highest BCUT2D eigenvalue weighted by atomic mass is 35.5. The highest BCUT2D eigenvalue weighted by molar-refractivity contribution is 6.19. The molecule has 1 rings (SSSR count). The van der Waals surface area contributed by atoms with Gasteiger partial charge in [-0.25, -0.2) is 0 Å². The maximum absolute atomic E-state index is 11.4. The predicted molar refractivity (Wildman–Crippen MR) is 58.6 cm³/mol. The lowest BCUT2D eigenvalue weighted by atomic mass is 10.1. The van der Waals surface area contributed by atoms with Gasteiger partial charge in [0.05, 0.1) is 18.4 Å². The predicted octanol–water partition coefficient (Wildman–Crippen LogP) is 2.37. The van der Waals surface area contributed by atoms with Crippen molar-refractivity contribution in [2.24, 2.45) is 0 Å². The van der Waals surface area contributed by atoms with Crippen LogP contribution in [0.4, 0.5) is 0 Å². The van der Waals surface area contributed by atoms with Crippen LogP contribution in [0.25, 0.3) is 0 Å². The molecule has 0 aliphatic rings. The van der Waals surface area contributed by atoms with Crippen LogP contribution in [-0.2, 0) is 0 Å². The van der Waals surface area contributed by atoms with Gasteiger partial charge in [0.15, 0.2) is 5.78 Å². The number of halogens is 1. The minimum atomic E-state index is -0.188. The Kier molecular flexibility index (Phi) is 4.41. The van der Waals surface area contributed by atoms with Gasteiger partial charge in [0.1, 0.15) is 0 Å². The number of hydrogen-bond donors (Lipinski definition) is 0. The molecule has 1 aromatic carbocycles. The van der Waals surface area contributed by atoms with E-state index in [1.807, 2.05) is 6.07 Å². The van der Waals surface area contributed by atoms with Crippen LogP contribution in [0.5, 0.6) is 0 Å². The largest absolute Gasteiger partial charge is 0.293 e. The van der Waals surface area contributed by atoms with Gasteiger partial charge < -0.3 is 0 Å². The first kappa shape index (κ1) is 11.3. The zero-order valence-electron chi connectivity index (χ0n) is 7.96. The molecule has 74 valence electrons. The van der Waals surface area contributed by atoms with Crippen molar-refractivity contribution in [2.45, 2.75) is 6.42 Å². The van der Waals surface area contributed by atoms with Crippen molar-refractivity contribution < 1.29 is 4.79 Å². The lowest BCUT2D eigenvalue weighted by Crippen LogP contribution is -1.97. The van der Waals surface area contributed by atoms with E-state index < -0.39 is 0 Å². The molecule has 0 radical (unpaired) electrons. The van der Waals surface area contributed by atoms with E-state index in [4.69, 9.17) is 16.9 Å². The first-order valence-electron chi connectivity index (χ1n) is 4.33. The van der Waals surface area contributed by atoms with Crippen molar-refractivity contribution in [1.82, 2.24) is 0 Å². The van der Waals surface area contributed by atoms with Crippen molar-refractivity contribution in [3.8, 4) is 17.9 Å². The Labute approximate surface area is 93.5 Å². The number of rotatable bonds is 2. The van der Waals surface area contributed by atoms with E-state index in [-0.39, 0.29) is 18.1 Å². The summed E-state index contributed by atoms with van der Waals surface area (Å²) in [4.78, 5) is 11.4. The molecule has 1 aromatic rings. The molecule has 0 unspecified atom stereocenters. The zero-order chi connectivity index (χ0) is 11.1. The third kappa shape index (κ3) is 3.46. The summed E-state index contributed by atoms with van der Waals surface area (Å²) in [5.41, 5.74) is 1.25. The van der Waals surface area contributed by atoms with Crippen molar-refractivity contribution >= 4 is 17.4 Å². The number of carbonyl (C=O) groups excluding carboxylic acids is 1. The standard InChI is InChI=1S/C12H8ClNO/c13-7-2-4-10-3-1-5-11(9-10)12(15)6-8-14/h1,3,5,9H,6-7H2. The van der Waals surface area contributed by atoms with Crippen molar-refractivity contribution in [3.63, 3.8) is 0 Å². The summed E-state index contributed by atoms with van der Waals surface area (Å²) in [5.74, 6) is 5.59. The molecule has 0 N–H and O–H groups in total. The number of hydrogen-bond acceptors (Lipinski definition) is 2. The van der Waals surface area contributed by atoms with E-state index in [9.17, 15) is 4.79 Å². The highest BCUT2D eigenvalue weighted by Gasteiger charge is 2.04. The van der Waals surface area contributed by atoms with E-state index in [0.717, 1.165) is 5.56 Å². The average Bonchev–Trinajstić information content (AvgIpc) is 2.27. The van der Waals surface area contributed by atoms with Crippen LogP contribution in [0, 0.1) is 23.2 Å². The summed E-state index contributed by atoms with van der Waals surface area (Å²) >= 11 is 5.42. The number of alkyl halides is 1. The summed E-state index contributed by atoms with van der Waals surface area (Å²) < 4.78 is 0. The summed E-state index contributed by atoms with van der Waals surface area (Å²) in [6, 6.07) is 8.69. The fraction of sp³-hybridized carbons (Fsp3) is 0.167. The second-order valence-corrected chi connectivity index (χ2v) is 3.04. The van der Waals surface area contributed by atoms with E-state index in [1.54, 1.807) is 24.3 Å². The molecule has 0 fully saturated rings. The summed E-state index contributed by atoms with van der Waals surface area (Å²) in [5, 5.41) is 8.39. The van der Waals surface area contributed by atoms with E-state index in [2.05, 4.69) is 11.8 Å². The third-order valence-electron chi connectivity index (χ3n) is 1.72. The molecule has 0 saturated carbocycles. The number of Topliss-reactive ketones (excluding diaryl/α,β-unsaturated/α-hetero) is 1. The average molecular weight is 218 g/mol. The molecule has 0 heterocycles. The maximum Gasteiger partial charge on any atom is 0.176 e. The highest BCUT2D eigenvalue weighted by Crippen LogP contribution is 2.06. The van der Waals surface area contributed by atoms with Crippen LogP contribution < -0.4 is 0 Å². The van der Waals surface area contributed by atoms with Crippen molar-refractivity contribution in [1.29, 1.82) is 5.26 Å². The van der Waals surface area contributed by atoms with E-state index in [1.165, 1.54) is 0 Å². The Morgan fingerprint density at radius 1 is 1.47 bits per heavy atom. The normalized spacial score (nSPS) is 8.53. The molecular weight excluding hydrogens is 210 g/mol. The molecule has 15 heavy (non-hydrogen) atoms. The van der Waals surface area contributed by atoms with Gasteiger partial charge in [-0.2, -0.15) is 5.26 Å². The van der Waals surface area contributed by atoms with Crippen molar-refractivity contribution in [2.75, 3.05) is 5.88 Å². The molecule has 0 spiro atoms.